The van der Waals surface area contributed by atoms with Crippen molar-refractivity contribution in [2.75, 3.05) is 13.1 Å². The molecule has 0 unspecified atom stereocenters. The van der Waals surface area contributed by atoms with Crippen LogP contribution in [0.5, 0.6) is 0 Å². The van der Waals surface area contributed by atoms with Gasteiger partial charge in [-0.1, -0.05) is 5.92 Å². The van der Waals surface area contributed by atoms with Gasteiger partial charge in [0.2, 0.25) is 10.0 Å². The van der Waals surface area contributed by atoms with E-state index < -0.39 is 16.0 Å². The van der Waals surface area contributed by atoms with Crippen LogP contribution in [0.4, 0.5) is 0 Å². The molecule has 1 aromatic carbocycles. The van der Waals surface area contributed by atoms with E-state index in [0.29, 0.717) is 16.9 Å². The van der Waals surface area contributed by atoms with E-state index in [2.05, 4.69) is 21.9 Å². The van der Waals surface area contributed by atoms with E-state index >= 15 is 0 Å². The average Bonchev–Trinajstić information content (AvgIpc) is 3.22. The van der Waals surface area contributed by atoms with E-state index in [9.17, 15) is 13.2 Å². The summed E-state index contributed by atoms with van der Waals surface area (Å²) in [6, 6.07) is 3.95. The number of halogens is 1. The molecule has 2 rings (SSSR count). The fraction of sp³-hybridized carbons (Fsp3) is 0.357. The summed E-state index contributed by atoms with van der Waals surface area (Å²) in [6.07, 6.45) is 7.24. The summed E-state index contributed by atoms with van der Waals surface area (Å²) >= 11 is 3.09. The molecule has 0 saturated heterocycles. The molecule has 1 aliphatic carbocycles. The van der Waals surface area contributed by atoms with E-state index in [1.807, 2.05) is 0 Å². The molecule has 1 fully saturated rings. The molecule has 0 heterocycles. The van der Waals surface area contributed by atoms with Crippen LogP contribution in [0.15, 0.2) is 27.6 Å². The Hall–Kier alpha value is -1.36. The first-order chi connectivity index (χ1) is 9.86. The van der Waals surface area contributed by atoms with Crippen LogP contribution in [0.3, 0.4) is 0 Å². The van der Waals surface area contributed by atoms with Crippen molar-refractivity contribution in [2.45, 2.75) is 17.7 Å². The number of carboxylic acid groups (broad SMARTS) is 1. The van der Waals surface area contributed by atoms with Crippen LogP contribution in [-0.4, -0.2) is 36.9 Å². The second-order valence-corrected chi connectivity index (χ2v) is 7.68. The molecular weight excluding hydrogens is 358 g/mol. The lowest BCUT2D eigenvalue weighted by Gasteiger charge is -2.20. The Morgan fingerprint density at radius 2 is 2.14 bits per heavy atom. The Balaban J connectivity index is 2.39. The molecule has 1 aliphatic rings. The number of carbonyl (C=O) groups is 1. The standard InChI is InChI=1S/C14H14BrNO4S/c1-2-7-16(9-10-3-4-10)21(19,20)11-5-6-13(15)12(8-11)14(17)18/h1,5-6,8,10H,3-4,7,9H2,(H,17,18). The van der Waals surface area contributed by atoms with Crippen LogP contribution in [0.2, 0.25) is 0 Å². The minimum atomic E-state index is -3.78. The predicted octanol–water partition coefficient (Wildman–Crippen LogP) is 2.18. The van der Waals surface area contributed by atoms with Crippen LogP contribution in [-0.2, 0) is 10.0 Å². The first-order valence-corrected chi connectivity index (χ1v) is 8.56. The summed E-state index contributed by atoms with van der Waals surface area (Å²) < 4.78 is 26.8. The highest BCUT2D eigenvalue weighted by molar-refractivity contribution is 9.10. The van der Waals surface area contributed by atoms with Gasteiger partial charge in [-0.2, -0.15) is 4.31 Å². The highest BCUT2D eigenvalue weighted by Crippen LogP contribution is 2.32. The largest absolute Gasteiger partial charge is 0.478 e. The number of carboxylic acids is 1. The second-order valence-electron chi connectivity index (χ2n) is 4.89. The molecular formula is C14H14BrNO4S. The van der Waals surface area contributed by atoms with E-state index in [0.717, 1.165) is 18.9 Å². The van der Waals surface area contributed by atoms with Gasteiger partial charge in [0.05, 0.1) is 17.0 Å². The molecule has 1 N–H and O–H groups in total. The van der Waals surface area contributed by atoms with Crippen molar-refractivity contribution in [2.24, 2.45) is 5.92 Å². The van der Waals surface area contributed by atoms with Gasteiger partial charge < -0.3 is 5.11 Å². The molecule has 21 heavy (non-hydrogen) atoms. The molecule has 0 amide bonds. The first kappa shape index (κ1) is 16.0. The summed E-state index contributed by atoms with van der Waals surface area (Å²) in [7, 11) is -3.78. The zero-order chi connectivity index (χ0) is 15.6. The van der Waals surface area contributed by atoms with Gasteiger partial charge >= 0.3 is 5.97 Å². The maximum Gasteiger partial charge on any atom is 0.336 e. The van der Waals surface area contributed by atoms with Gasteiger partial charge in [0, 0.05) is 11.0 Å². The van der Waals surface area contributed by atoms with E-state index in [-0.39, 0.29) is 17.0 Å². The number of benzene rings is 1. The van der Waals surface area contributed by atoms with Gasteiger partial charge in [-0.15, -0.1) is 6.42 Å². The third kappa shape index (κ3) is 3.64. The van der Waals surface area contributed by atoms with E-state index in [4.69, 9.17) is 11.5 Å². The highest BCUT2D eigenvalue weighted by Gasteiger charge is 2.31. The lowest BCUT2D eigenvalue weighted by atomic mass is 10.2. The summed E-state index contributed by atoms with van der Waals surface area (Å²) in [6.45, 7) is 0.363. The Labute approximate surface area is 132 Å². The maximum absolute atomic E-state index is 12.6. The average molecular weight is 372 g/mol. The molecule has 1 aromatic rings. The van der Waals surface area contributed by atoms with Crippen LogP contribution in [0.1, 0.15) is 23.2 Å². The van der Waals surface area contributed by atoms with Gasteiger partial charge in [0.1, 0.15) is 0 Å². The minimum Gasteiger partial charge on any atom is -0.478 e. The number of aromatic carboxylic acids is 1. The molecule has 0 atom stereocenters. The van der Waals surface area contributed by atoms with Gasteiger partial charge in [-0.25, -0.2) is 13.2 Å². The van der Waals surface area contributed by atoms with E-state index in [1.54, 1.807) is 0 Å². The maximum atomic E-state index is 12.6. The molecule has 5 nitrogen and oxygen atoms in total. The highest BCUT2D eigenvalue weighted by atomic mass is 79.9. The lowest BCUT2D eigenvalue weighted by Crippen LogP contribution is -2.33. The van der Waals surface area contributed by atoms with Crippen molar-refractivity contribution in [3.8, 4) is 12.3 Å². The smallest absolute Gasteiger partial charge is 0.336 e. The number of hydrogen-bond acceptors (Lipinski definition) is 3. The molecule has 0 bridgehead atoms. The number of sulfonamides is 1. The van der Waals surface area contributed by atoms with Gasteiger partial charge in [-0.05, 0) is 52.9 Å². The summed E-state index contributed by atoms with van der Waals surface area (Å²) in [5.41, 5.74) is -0.0943. The van der Waals surface area contributed by atoms with Gasteiger partial charge in [0.25, 0.3) is 0 Å². The molecule has 1 saturated carbocycles. The van der Waals surface area contributed by atoms with Crippen LogP contribution in [0.25, 0.3) is 0 Å². The fourth-order valence-electron chi connectivity index (χ4n) is 1.92. The number of hydrogen-bond donors (Lipinski definition) is 1. The molecule has 0 aromatic heterocycles. The predicted molar refractivity (Wildman–Crippen MR) is 81.4 cm³/mol. The minimum absolute atomic E-state index is 0.0166. The Morgan fingerprint density at radius 1 is 1.48 bits per heavy atom. The second kappa shape index (κ2) is 6.18. The molecule has 0 spiro atoms. The monoisotopic (exact) mass is 371 g/mol. The van der Waals surface area contributed by atoms with Crippen molar-refractivity contribution < 1.29 is 18.3 Å². The van der Waals surface area contributed by atoms with Crippen LogP contribution >= 0.6 is 15.9 Å². The van der Waals surface area contributed by atoms with Crippen molar-refractivity contribution in [3.63, 3.8) is 0 Å². The molecule has 112 valence electrons. The Kier molecular flexibility index (Phi) is 4.71. The third-order valence-corrected chi connectivity index (χ3v) is 5.73. The first-order valence-electron chi connectivity index (χ1n) is 6.32. The zero-order valence-corrected chi connectivity index (χ0v) is 13.5. The lowest BCUT2D eigenvalue weighted by molar-refractivity contribution is 0.0695. The van der Waals surface area contributed by atoms with E-state index in [1.165, 1.54) is 16.4 Å². The SMILES string of the molecule is C#CCN(CC1CC1)S(=O)(=O)c1ccc(Br)c(C(=O)O)c1. The Bertz CT molecular complexity index is 704. The van der Waals surface area contributed by atoms with Crippen molar-refractivity contribution in [1.82, 2.24) is 4.31 Å². The summed E-state index contributed by atoms with van der Waals surface area (Å²) in [5, 5.41) is 9.08. The zero-order valence-electron chi connectivity index (χ0n) is 11.1. The number of rotatable bonds is 6. The van der Waals surface area contributed by atoms with Crippen LogP contribution in [0, 0.1) is 18.3 Å². The summed E-state index contributed by atoms with van der Waals surface area (Å²) in [5.74, 6) is 1.51. The number of terminal acetylenes is 1. The topological polar surface area (TPSA) is 74.7 Å². The summed E-state index contributed by atoms with van der Waals surface area (Å²) in [4.78, 5) is 11.1. The third-order valence-electron chi connectivity index (χ3n) is 3.23. The molecule has 0 radical (unpaired) electrons. The normalized spacial score (nSPS) is 14.9. The van der Waals surface area contributed by atoms with Crippen molar-refractivity contribution in [1.29, 1.82) is 0 Å². The van der Waals surface area contributed by atoms with Crippen molar-refractivity contribution >= 4 is 31.9 Å². The van der Waals surface area contributed by atoms with Gasteiger partial charge in [0.15, 0.2) is 0 Å². The van der Waals surface area contributed by atoms with Crippen molar-refractivity contribution in [3.05, 3.63) is 28.2 Å². The molecule has 0 aliphatic heterocycles. The van der Waals surface area contributed by atoms with Crippen LogP contribution < -0.4 is 0 Å². The Morgan fingerprint density at radius 3 is 2.67 bits per heavy atom. The number of nitrogens with zero attached hydrogens (tertiary/aromatic N) is 1. The fourth-order valence-corrected chi connectivity index (χ4v) is 3.79. The van der Waals surface area contributed by atoms with Gasteiger partial charge in [-0.3, -0.25) is 0 Å². The quantitative estimate of drug-likeness (QED) is 0.777. The molecule has 7 heteroatoms.